The molecule has 1 heterocycles. The smallest absolute Gasteiger partial charge is 0.257 e. The maximum Gasteiger partial charge on any atom is 0.257 e. The molecule has 0 unspecified atom stereocenters. The van der Waals surface area contributed by atoms with E-state index in [1.54, 1.807) is 0 Å². The van der Waals surface area contributed by atoms with Crippen molar-refractivity contribution in [2.24, 2.45) is 0 Å². The van der Waals surface area contributed by atoms with Crippen molar-refractivity contribution in [3.8, 4) is 11.3 Å². The van der Waals surface area contributed by atoms with Crippen LogP contribution in [0.3, 0.4) is 0 Å². The number of benzene rings is 3. The number of nitrogens with zero attached hydrogens (tertiary/aromatic N) is 2. The van der Waals surface area contributed by atoms with Gasteiger partial charge < -0.3 is 0 Å². The first kappa shape index (κ1) is 21.5. The fourth-order valence-electron chi connectivity index (χ4n) is 3.11. The van der Waals surface area contributed by atoms with Crippen molar-refractivity contribution in [2.45, 2.75) is 4.90 Å². The fraction of sp³-hybridized carbons (Fsp3) is 0.0909. The van der Waals surface area contributed by atoms with Crippen molar-refractivity contribution in [2.75, 3.05) is 19.4 Å². The molecule has 0 atom stereocenters. The van der Waals surface area contributed by atoms with Gasteiger partial charge in [0.2, 0.25) is 10.0 Å². The lowest BCUT2D eigenvalue weighted by Crippen LogP contribution is -2.23. The number of carbonyl (C=O) groups is 1. The van der Waals surface area contributed by atoms with E-state index >= 15 is 0 Å². The number of halogens is 1. The van der Waals surface area contributed by atoms with E-state index in [9.17, 15) is 13.2 Å². The van der Waals surface area contributed by atoms with E-state index in [1.165, 1.54) is 43.6 Å². The van der Waals surface area contributed by atoms with Gasteiger partial charge in [0.15, 0.2) is 5.13 Å². The van der Waals surface area contributed by atoms with Crippen molar-refractivity contribution in [1.82, 2.24) is 9.29 Å². The molecule has 6 nitrogen and oxygen atoms in total. The maximum absolute atomic E-state index is 12.7. The average Bonchev–Trinajstić information content (AvgIpc) is 3.21. The van der Waals surface area contributed by atoms with Gasteiger partial charge in [-0.2, -0.15) is 0 Å². The Balaban J connectivity index is 1.62. The zero-order chi connectivity index (χ0) is 22.2. The number of carbonyl (C=O) groups excluding carboxylic acids is 1. The third-order valence-electron chi connectivity index (χ3n) is 4.74. The highest BCUT2D eigenvalue weighted by molar-refractivity contribution is 7.89. The van der Waals surface area contributed by atoms with Crippen LogP contribution in [0, 0.1) is 0 Å². The Kier molecular flexibility index (Phi) is 5.81. The van der Waals surface area contributed by atoms with E-state index < -0.39 is 15.9 Å². The van der Waals surface area contributed by atoms with E-state index in [1.807, 2.05) is 47.8 Å². The second-order valence-electron chi connectivity index (χ2n) is 6.95. The molecule has 1 amide bonds. The van der Waals surface area contributed by atoms with Crippen molar-refractivity contribution in [3.05, 3.63) is 76.6 Å². The van der Waals surface area contributed by atoms with Gasteiger partial charge in [0, 0.05) is 30.6 Å². The summed E-state index contributed by atoms with van der Waals surface area (Å²) in [5.41, 5.74) is 1.90. The Morgan fingerprint density at radius 1 is 1.06 bits per heavy atom. The van der Waals surface area contributed by atoms with E-state index in [0.717, 1.165) is 26.3 Å². The summed E-state index contributed by atoms with van der Waals surface area (Å²) < 4.78 is 26.0. The minimum atomic E-state index is -3.78. The van der Waals surface area contributed by atoms with Crippen molar-refractivity contribution < 1.29 is 13.2 Å². The quantitative estimate of drug-likeness (QED) is 0.438. The molecule has 4 rings (SSSR count). The first-order valence-electron chi connectivity index (χ1n) is 9.24. The molecule has 158 valence electrons. The summed E-state index contributed by atoms with van der Waals surface area (Å²) in [5, 5.41) is 7.27. The minimum absolute atomic E-state index is 0.0535. The van der Waals surface area contributed by atoms with Crippen LogP contribution in [0.25, 0.3) is 22.0 Å². The summed E-state index contributed by atoms with van der Waals surface area (Å²) in [6.45, 7) is 0. The number of nitrogens with one attached hydrogen (secondary N) is 1. The standard InChI is InChI=1S/C22H18ClN3O3S2/c1-26(2)31(28,29)20-12-15(10-11-18(20)23)21(27)25-22-24-19(13-30-22)17-9-5-7-14-6-3-4-8-16(14)17/h3-13H,1-2H3,(H,24,25,27). The summed E-state index contributed by atoms with van der Waals surface area (Å²) in [7, 11) is -0.970. The zero-order valence-electron chi connectivity index (χ0n) is 16.7. The van der Waals surface area contributed by atoms with Crippen LogP contribution >= 0.6 is 22.9 Å². The van der Waals surface area contributed by atoms with Gasteiger partial charge in [-0.1, -0.05) is 54.1 Å². The molecule has 0 aliphatic heterocycles. The molecule has 4 aromatic rings. The Morgan fingerprint density at radius 2 is 1.81 bits per heavy atom. The molecule has 0 saturated carbocycles. The molecular weight excluding hydrogens is 454 g/mol. The predicted molar refractivity (Wildman–Crippen MR) is 125 cm³/mol. The molecule has 0 spiro atoms. The molecule has 9 heteroatoms. The van der Waals surface area contributed by atoms with Gasteiger partial charge in [0.25, 0.3) is 5.91 Å². The first-order chi connectivity index (χ1) is 14.8. The van der Waals surface area contributed by atoms with E-state index in [-0.39, 0.29) is 15.5 Å². The Morgan fingerprint density at radius 3 is 2.58 bits per heavy atom. The highest BCUT2D eigenvalue weighted by atomic mass is 35.5. The molecule has 0 aliphatic rings. The van der Waals surface area contributed by atoms with E-state index in [4.69, 9.17) is 11.6 Å². The van der Waals surface area contributed by atoms with Crippen LogP contribution < -0.4 is 5.32 Å². The lowest BCUT2D eigenvalue weighted by Gasteiger charge is -2.13. The van der Waals surface area contributed by atoms with Gasteiger partial charge in [0.1, 0.15) is 4.90 Å². The zero-order valence-corrected chi connectivity index (χ0v) is 19.1. The number of aromatic nitrogens is 1. The number of rotatable bonds is 5. The third-order valence-corrected chi connectivity index (χ3v) is 7.80. The lowest BCUT2D eigenvalue weighted by molar-refractivity contribution is 0.102. The van der Waals surface area contributed by atoms with Crippen molar-refractivity contribution in [3.63, 3.8) is 0 Å². The van der Waals surface area contributed by atoms with Crippen molar-refractivity contribution >= 4 is 54.8 Å². The predicted octanol–water partition coefficient (Wildman–Crippen LogP) is 5.12. The van der Waals surface area contributed by atoms with Gasteiger partial charge in [-0.3, -0.25) is 10.1 Å². The van der Waals surface area contributed by atoms with Gasteiger partial charge in [0.05, 0.1) is 10.7 Å². The summed E-state index contributed by atoms with van der Waals surface area (Å²) >= 11 is 7.36. The molecule has 0 radical (unpaired) electrons. The van der Waals surface area contributed by atoms with Crippen LogP contribution in [0.5, 0.6) is 0 Å². The Bertz CT molecular complexity index is 1390. The number of hydrogen-bond acceptors (Lipinski definition) is 5. The number of thiazole rings is 1. The van der Waals surface area contributed by atoms with E-state index in [0.29, 0.717) is 5.13 Å². The normalized spacial score (nSPS) is 11.7. The number of anilines is 1. The Hall–Kier alpha value is -2.78. The second-order valence-corrected chi connectivity index (χ2v) is 10.3. The summed E-state index contributed by atoms with van der Waals surface area (Å²) in [6.07, 6.45) is 0. The van der Waals surface area contributed by atoms with E-state index in [2.05, 4.69) is 10.3 Å². The molecule has 0 bridgehead atoms. The molecule has 31 heavy (non-hydrogen) atoms. The van der Waals surface area contributed by atoms with Gasteiger partial charge >= 0.3 is 0 Å². The average molecular weight is 472 g/mol. The minimum Gasteiger partial charge on any atom is -0.298 e. The number of amides is 1. The van der Waals surface area contributed by atoms with Gasteiger partial charge in [-0.25, -0.2) is 17.7 Å². The van der Waals surface area contributed by atoms with Crippen LogP contribution in [0.1, 0.15) is 10.4 Å². The summed E-state index contributed by atoms with van der Waals surface area (Å²) in [5.74, 6) is -0.467. The maximum atomic E-state index is 12.7. The fourth-order valence-corrected chi connectivity index (χ4v) is 5.21. The topological polar surface area (TPSA) is 79.4 Å². The molecule has 1 aromatic heterocycles. The summed E-state index contributed by atoms with van der Waals surface area (Å²) in [4.78, 5) is 17.2. The third kappa shape index (κ3) is 4.20. The number of hydrogen-bond donors (Lipinski definition) is 1. The van der Waals surface area contributed by atoms with Crippen LogP contribution in [0.2, 0.25) is 5.02 Å². The highest BCUT2D eigenvalue weighted by Gasteiger charge is 2.23. The molecular formula is C22H18ClN3O3S2. The molecule has 0 fully saturated rings. The molecule has 3 aromatic carbocycles. The van der Waals surface area contributed by atoms with Crippen LogP contribution in [0.4, 0.5) is 5.13 Å². The second kappa shape index (κ2) is 8.39. The number of fused-ring (bicyclic) bond motifs is 1. The van der Waals surface area contributed by atoms with Gasteiger partial charge in [-0.05, 0) is 29.0 Å². The highest BCUT2D eigenvalue weighted by Crippen LogP contribution is 2.31. The molecule has 0 saturated heterocycles. The SMILES string of the molecule is CN(C)S(=O)(=O)c1cc(C(=O)Nc2nc(-c3cccc4ccccc34)cs2)ccc1Cl. The van der Waals surface area contributed by atoms with Crippen LogP contribution in [0.15, 0.2) is 70.9 Å². The monoisotopic (exact) mass is 471 g/mol. The lowest BCUT2D eigenvalue weighted by atomic mass is 10.0. The van der Waals surface area contributed by atoms with Crippen molar-refractivity contribution in [1.29, 1.82) is 0 Å². The largest absolute Gasteiger partial charge is 0.298 e. The molecule has 0 aliphatic carbocycles. The summed E-state index contributed by atoms with van der Waals surface area (Å²) in [6, 6.07) is 18.2. The molecule has 1 N–H and O–H groups in total. The Labute approximate surface area is 189 Å². The number of sulfonamides is 1. The first-order valence-corrected chi connectivity index (χ1v) is 11.9. The van der Waals surface area contributed by atoms with Crippen LogP contribution in [-0.2, 0) is 10.0 Å². The van der Waals surface area contributed by atoms with Crippen LogP contribution in [-0.4, -0.2) is 37.7 Å². The van der Waals surface area contributed by atoms with Gasteiger partial charge in [-0.15, -0.1) is 11.3 Å².